The van der Waals surface area contributed by atoms with Gasteiger partial charge in [-0.05, 0) is 43.3 Å². The van der Waals surface area contributed by atoms with E-state index in [0.29, 0.717) is 31.2 Å². The van der Waals surface area contributed by atoms with Crippen LogP contribution in [0.2, 0.25) is 5.02 Å². The predicted molar refractivity (Wildman–Crippen MR) is 121 cm³/mol. The Hall–Kier alpha value is -2.42. The number of hydrogen-bond acceptors (Lipinski definition) is 5. The second-order valence-electron chi connectivity index (χ2n) is 7.59. The molecule has 0 atom stereocenters. The SMILES string of the molecule is Cc1ccc(NC(=O)CN2CCN(C(=O)CCS(=O)(=O)c3ccc(Cl)cc3)CC2)cc1. The van der Waals surface area contributed by atoms with E-state index < -0.39 is 9.84 Å². The number of anilines is 1. The summed E-state index contributed by atoms with van der Waals surface area (Å²) in [5.74, 6) is -0.536. The number of halogens is 1. The summed E-state index contributed by atoms with van der Waals surface area (Å²) in [7, 11) is -3.54. The van der Waals surface area contributed by atoms with Gasteiger partial charge in [0, 0.05) is 43.3 Å². The lowest BCUT2D eigenvalue weighted by Gasteiger charge is -2.34. The first-order valence-corrected chi connectivity index (χ1v) is 12.1. The number of nitrogens with zero attached hydrogens (tertiary/aromatic N) is 2. The molecule has 1 aliphatic rings. The minimum absolute atomic E-state index is 0.0706. The Labute approximate surface area is 187 Å². The minimum Gasteiger partial charge on any atom is -0.340 e. The van der Waals surface area contributed by atoms with Gasteiger partial charge >= 0.3 is 0 Å². The zero-order chi connectivity index (χ0) is 22.4. The zero-order valence-electron chi connectivity index (χ0n) is 17.4. The summed E-state index contributed by atoms with van der Waals surface area (Å²) in [5.41, 5.74) is 1.88. The molecular weight excluding hydrogens is 438 g/mol. The van der Waals surface area contributed by atoms with Crippen LogP contribution in [0.4, 0.5) is 5.69 Å². The molecule has 0 radical (unpaired) electrons. The molecule has 0 aliphatic carbocycles. The van der Waals surface area contributed by atoms with Crippen LogP contribution in [0.5, 0.6) is 0 Å². The molecule has 0 unspecified atom stereocenters. The third kappa shape index (κ3) is 6.78. The van der Waals surface area contributed by atoms with E-state index in [1.54, 1.807) is 4.90 Å². The lowest BCUT2D eigenvalue weighted by Crippen LogP contribution is -2.50. The first-order chi connectivity index (χ1) is 14.7. The van der Waals surface area contributed by atoms with Gasteiger partial charge in [0.25, 0.3) is 0 Å². The fourth-order valence-electron chi connectivity index (χ4n) is 3.34. The molecular formula is C22H26ClN3O4S. The quantitative estimate of drug-likeness (QED) is 0.682. The standard InChI is InChI=1S/C22H26ClN3O4S/c1-17-2-6-19(7-3-17)24-21(27)16-25-11-13-26(14-12-25)22(28)10-15-31(29,30)20-8-4-18(23)5-9-20/h2-9H,10-16H2,1H3,(H,24,27). The van der Waals surface area contributed by atoms with E-state index in [9.17, 15) is 18.0 Å². The van der Waals surface area contributed by atoms with Gasteiger partial charge in [-0.2, -0.15) is 0 Å². The van der Waals surface area contributed by atoms with Gasteiger partial charge in [0.15, 0.2) is 9.84 Å². The van der Waals surface area contributed by atoms with E-state index in [0.717, 1.165) is 11.3 Å². The van der Waals surface area contributed by atoms with Crippen molar-refractivity contribution < 1.29 is 18.0 Å². The number of hydrogen-bond donors (Lipinski definition) is 1. The highest BCUT2D eigenvalue weighted by Gasteiger charge is 2.24. The Morgan fingerprint density at radius 3 is 2.19 bits per heavy atom. The number of sulfone groups is 1. The molecule has 0 saturated carbocycles. The smallest absolute Gasteiger partial charge is 0.238 e. The third-order valence-electron chi connectivity index (χ3n) is 5.18. The molecule has 1 fully saturated rings. The number of aryl methyl sites for hydroxylation is 1. The van der Waals surface area contributed by atoms with E-state index in [2.05, 4.69) is 5.32 Å². The van der Waals surface area contributed by atoms with Gasteiger partial charge < -0.3 is 10.2 Å². The van der Waals surface area contributed by atoms with Gasteiger partial charge in [-0.25, -0.2) is 8.42 Å². The van der Waals surface area contributed by atoms with Crippen molar-refractivity contribution in [2.24, 2.45) is 0 Å². The minimum atomic E-state index is -3.54. The lowest BCUT2D eigenvalue weighted by molar-refractivity contribution is -0.132. The lowest BCUT2D eigenvalue weighted by atomic mass is 10.2. The van der Waals surface area contributed by atoms with Crippen molar-refractivity contribution in [1.82, 2.24) is 9.80 Å². The normalized spacial score (nSPS) is 15.0. The maximum absolute atomic E-state index is 12.5. The van der Waals surface area contributed by atoms with Crippen LogP contribution in [0.1, 0.15) is 12.0 Å². The summed E-state index contributed by atoms with van der Waals surface area (Å²) in [6.45, 7) is 4.31. The first kappa shape index (κ1) is 23.2. The molecule has 2 aromatic carbocycles. The highest BCUT2D eigenvalue weighted by molar-refractivity contribution is 7.91. The third-order valence-corrected chi connectivity index (χ3v) is 7.17. The molecule has 166 valence electrons. The highest BCUT2D eigenvalue weighted by Crippen LogP contribution is 2.17. The van der Waals surface area contributed by atoms with Gasteiger partial charge in [-0.15, -0.1) is 0 Å². The number of carbonyl (C=O) groups excluding carboxylic acids is 2. The molecule has 1 saturated heterocycles. The number of nitrogens with one attached hydrogen (secondary N) is 1. The predicted octanol–water partition coefficient (Wildman–Crippen LogP) is 2.60. The maximum atomic E-state index is 12.5. The Morgan fingerprint density at radius 1 is 0.968 bits per heavy atom. The molecule has 1 N–H and O–H groups in total. The van der Waals surface area contributed by atoms with Gasteiger partial charge in [0.2, 0.25) is 11.8 Å². The van der Waals surface area contributed by atoms with Crippen molar-refractivity contribution in [1.29, 1.82) is 0 Å². The highest BCUT2D eigenvalue weighted by atomic mass is 35.5. The molecule has 0 aromatic heterocycles. The first-order valence-electron chi connectivity index (χ1n) is 10.1. The number of amides is 2. The van der Waals surface area contributed by atoms with Crippen LogP contribution in [0.25, 0.3) is 0 Å². The van der Waals surface area contributed by atoms with E-state index in [4.69, 9.17) is 11.6 Å². The number of rotatable bonds is 7. The summed E-state index contributed by atoms with van der Waals surface area (Å²) < 4.78 is 24.8. The van der Waals surface area contributed by atoms with Crippen LogP contribution in [-0.2, 0) is 19.4 Å². The fourth-order valence-corrected chi connectivity index (χ4v) is 4.69. The molecule has 0 spiro atoms. The number of piperazine rings is 1. The topological polar surface area (TPSA) is 86.8 Å². The van der Waals surface area contributed by atoms with Crippen molar-refractivity contribution >= 4 is 38.9 Å². The van der Waals surface area contributed by atoms with Crippen molar-refractivity contribution in [3.8, 4) is 0 Å². The van der Waals surface area contributed by atoms with Crippen LogP contribution in [0.15, 0.2) is 53.4 Å². The van der Waals surface area contributed by atoms with Crippen LogP contribution in [0, 0.1) is 6.92 Å². The zero-order valence-corrected chi connectivity index (χ0v) is 19.0. The number of benzene rings is 2. The van der Waals surface area contributed by atoms with Gasteiger partial charge in [0.1, 0.15) is 0 Å². The van der Waals surface area contributed by atoms with Crippen molar-refractivity contribution in [3.63, 3.8) is 0 Å². The molecule has 7 nitrogen and oxygen atoms in total. The fraction of sp³-hybridized carbons (Fsp3) is 0.364. The van der Waals surface area contributed by atoms with Crippen LogP contribution in [-0.4, -0.2) is 68.5 Å². The van der Waals surface area contributed by atoms with Crippen LogP contribution >= 0.6 is 11.6 Å². The molecule has 0 bridgehead atoms. The largest absolute Gasteiger partial charge is 0.340 e. The average molecular weight is 464 g/mol. The maximum Gasteiger partial charge on any atom is 0.238 e. The molecule has 2 amide bonds. The van der Waals surface area contributed by atoms with Gasteiger partial charge in [-0.3, -0.25) is 14.5 Å². The Balaban J connectivity index is 1.42. The monoisotopic (exact) mass is 463 g/mol. The van der Waals surface area contributed by atoms with E-state index in [-0.39, 0.29) is 35.4 Å². The van der Waals surface area contributed by atoms with Crippen molar-refractivity contribution in [2.45, 2.75) is 18.2 Å². The summed E-state index contributed by atoms with van der Waals surface area (Å²) in [6.07, 6.45) is -0.0706. The molecule has 31 heavy (non-hydrogen) atoms. The van der Waals surface area contributed by atoms with E-state index in [1.807, 2.05) is 36.1 Å². The average Bonchev–Trinajstić information content (AvgIpc) is 2.74. The molecule has 3 rings (SSSR count). The molecule has 9 heteroatoms. The molecule has 2 aromatic rings. The van der Waals surface area contributed by atoms with Gasteiger partial charge in [0.05, 0.1) is 17.2 Å². The van der Waals surface area contributed by atoms with E-state index in [1.165, 1.54) is 24.3 Å². The summed E-state index contributed by atoms with van der Waals surface area (Å²) in [6, 6.07) is 13.5. The Bertz CT molecular complexity index is 1020. The van der Waals surface area contributed by atoms with Crippen molar-refractivity contribution in [3.05, 3.63) is 59.1 Å². The van der Waals surface area contributed by atoms with Crippen LogP contribution in [0.3, 0.4) is 0 Å². The van der Waals surface area contributed by atoms with Crippen LogP contribution < -0.4 is 5.32 Å². The van der Waals surface area contributed by atoms with Gasteiger partial charge in [-0.1, -0.05) is 29.3 Å². The Kier molecular flexibility index (Phi) is 7.69. The second-order valence-corrected chi connectivity index (χ2v) is 10.1. The second kappa shape index (κ2) is 10.3. The number of carbonyl (C=O) groups is 2. The van der Waals surface area contributed by atoms with E-state index >= 15 is 0 Å². The molecule has 1 aliphatic heterocycles. The Morgan fingerprint density at radius 2 is 1.58 bits per heavy atom. The summed E-state index contributed by atoms with van der Waals surface area (Å²) in [5, 5.41) is 3.33. The van der Waals surface area contributed by atoms with Crippen molar-refractivity contribution in [2.75, 3.05) is 43.8 Å². The molecule has 1 heterocycles. The summed E-state index contributed by atoms with van der Waals surface area (Å²) in [4.78, 5) is 28.5. The summed E-state index contributed by atoms with van der Waals surface area (Å²) >= 11 is 5.80.